The van der Waals surface area contributed by atoms with E-state index in [0.717, 1.165) is 47.7 Å². The number of aromatic nitrogens is 2. The Morgan fingerprint density at radius 3 is 2.31 bits per heavy atom. The molecule has 1 saturated heterocycles. The van der Waals surface area contributed by atoms with Crippen LogP contribution < -0.4 is 10.6 Å². The Kier molecular flexibility index (Phi) is 9.28. The van der Waals surface area contributed by atoms with Crippen LogP contribution in [0.1, 0.15) is 69.3 Å². The standard InChI is InChI=1S/C31H44N6O2/c1-6-36(7-2)29(39)31(3,4)24-14-17-26-27(22-24)37(21-11-20-35-18-9-8-10-19-35)30(34-26)33-25-15-12-23(13-16-25)28(38)32-5/h12-17,22H,6-11,18-21H2,1-5H3,(H,32,38)(H,33,34). The molecule has 0 radical (unpaired) electrons. The number of aryl methyl sites for hydroxylation is 1. The monoisotopic (exact) mass is 532 g/mol. The molecule has 0 atom stereocenters. The number of hydrogen-bond donors (Lipinski definition) is 2. The molecule has 210 valence electrons. The molecule has 39 heavy (non-hydrogen) atoms. The number of imidazole rings is 1. The van der Waals surface area contributed by atoms with Gasteiger partial charge >= 0.3 is 0 Å². The Hall–Kier alpha value is -3.39. The normalized spacial score (nSPS) is 14.4. The summed E-state index contributed by atoms with van der Waals surface area (Å²) in [5, 5.41) is 6.14. The lowest BCUT2D eigenvalue weighted by atomic mass is 9.83. The fourth-order valence-corrected chi connectivity index (χ4v) is 5.48. The average Bonchev–Trinajstić information content (AvgIpc) is 3.30. The van der Waals surface area contributed by atoms with Gasteiger partial charge in [0.2, 0.25) is 11.9 Å². The maximum absolute atomic E-state index is 13.4. The number of fused-ring (bicyclic) bond motifs is 1. The van der Waals surface area contributed by atoms with Crippen molar-refractivity contribution in [1.29, 1.82) is 0 Å². The van der Waals surface area contributed by atoms with Gasteiger partial charge in [-0.25, -0.2) is 4.98 Å². The van der Waals surface area contributed by atoms with Crippen LogP contribution in [0.4, 0.5) is 11.6 Å². The molecule has 0 unspecified atom stereocenters. The Morgan fingerprint density at radius 2 is 1.67 bits per heavy atom. The number of likely N-dealkylation sites (N-methyl/N-ethyl adjacent to an activating group) is 1. The lowest BCUT2D eigenvalue weighted by molar-refractivity contribution is -0.135. The van der Waals surface area contributed by atoms with Crippen molar-refractivity contribution in [3.63, 3.8) is 0 Å². The van der Waals surface area contributed by atoms with E-state index in [1.54, 1.807) is 7.05 Å². The number of piperidine rings is 1. The van der Waals surface area contributed by atoms with E-state index in [9.17, 15) is 9.59 Å². The van der Waals surface area contributed by atoms with Crippen LogP contribution in [0.5, 0.6) is 0 Å². The zero-order valence-electron chi connectivity index (χ0n) is 24.2. The molecule has 8 heteroatoms. The number of nitrogens with one attached hydrogen (secondary N) is 2. The Bertz CT molecular complexity index is 1270. The van der Waals surface area contributed by atoms with Gasteiger partial charge in [-0.2, -0.15) is 0 Å². The fourth-order valence-electron chi connectivity index (χ4n) is 5.48. The second-order valence-corrected chi connectivity index (χ2v) is 10.9. The lowest BCUT2D eigenvalue weighted by Gasteiger charge is -2.31. The summed E-state index contributed by atoms with van der Waals surface area (Å²) < 4.78 is 2.24. The number of rotatable bonds is 11. The largest absolute Gasteiger partial charge is 0.355 e. The van der Waals surface area contributed by atoms with Gasteiger partial charge in [-0.15, -0.1) is 0 Å². The van der Waals surface area contributed by atoms with Crippen LogP contribution in [0.15, 0.2) is 42.5 Å². The Labute approximate surface area is 232 Å². The van der Waals surface area contributed by atoms with Crippen molar-refractivity contribution < 1.29 is 9.59 Å². The summed E-state index contributed by atoms with van der Waals surface area (Å²) in [4.78, 5) is 34.8. The first kappa shape index (κ1) is 28.6. The maximum atomic E-state index is 13.4. The molecular weight excluding hydrogens is 488 g/mol. The molecule has 4 rings (SSSR count). The molecule has 2 N–H and O–H groups in total. The van der Waals surface area contributed by atoms with E-state index < -0.39 is 5.41 Å². The highest BCUT2D eigenvalue weighted by Crippen LogP contribution is 2.31. The lowest BCUT2D eigenvalue weighted by Crippen LogP contribution is -2.43. The first-order valence-electron chi connectivity index (χ1n) is 14.4. The minimum atomic E-state index is -0.646. The van der Waals surface area contributed by atoms with Crippen LogP contribution in [0, 0.1) is 0 Å². The number of anilines is 2. The summed E-state index contributed by atoms with van der Waals surface area (Å²) in [6, 6.07) is 13.6. The van der Waals surface area contributed by atoms with E-state index in [4.69, 9.17) is 4.98 Å². The zero-order valence-corrected chi connectivity index (χ0v) is 24.2. The van der Waals surface area contributed by atoms with Crippen LogP contribution in [-0.2, 0) is 16.8 Å². The third kappa shape index (κ3) is 6.44. The average molecular weight is 533 g/mol. The van der Waals surface area contributed by atoms with Crippen molar-refractivity contribution >= 4 is 34.5 Å². The second kappa shape index (κ2) is 12.6. The number of hydrogen-bond acceptors (Lipinski definition) is 5. The summed E-state index contributed by atoms with van der Waals surface area (Å²) in [5.74, 6) is 0.792. The first-order chi connectivity index (χ1) is 18.8. The summed E-state index contributed by atoms with van der Waals surface area (Å²) in [7, 11) is 1.63. The van der Waals surface area contributed by atoms with Crippen molar-refractivity contribution in [2.24, 2.45) is 0 Å². The van der Waals surface area contributed by atoms with E-state index in [-0.39, 0.29) is 11.8 Å². The predicted molar refractivity (Wildman–Crippen MR) is 159 cm³/mol. The molecule has 0 bridgehead atoms. The van der Waals surface area contributed by atoms with Gasteiger partial charge in [0, 0.05) is 37.9 Å². The van der Waals surface area contributed by atoms with Crippen LogP contribution in [-0.4, -0.2) is 70.9 Å². The number of nitrogens with zero attached hydrogens (tertiary/aromatic N) is 4. The van der Waals surface area contributed by atoms with E-state index in [1.807, 2.05) is 69.0 Å². The molecule has 1 fully saturated rings. The van der Waals surface area contributed by atoms with Crippen LogP contribution in [0.3, 0.4) is 0 Å². The number of amides is 2. The topological polar surface area (TPSA) is 82.5 Å². The van der Waals surface area contributed by atoms with Crippen molar-refractivity contribution in [3.05, 3.63) is 53.6 Å². The number of carbonyl (C=O) groups is 2. The van der Waals surface area contributed by atoms with Crippen LogP contribution in [0.25, 0.3) is 11.0 Å². The summed E-state index contributed by atoms with van der Waals surface area (Å²) >= 11 is 0. The Morgan fingerprint density at radius 1 is 0.974 bits per heavy atom. The highest BCUT2D eigenvalue weighted by atomic mass is 16.2. The van der Waals surface area contributed by atoms with Gasteiger partial charge in [0.05, 0.1) is 16.4 Å². The highest BCUT2D eigenvalue weighted by molar-refractivity contribution is 5.94. The molecular formula is C31H44N6O2. The molecule has 1 aliphatic heterocycles. The summed E-state index contributed by atoms with van der Waals surface area (Å²) in [5.41, 5.74) is 3.75. The summed E-state index contributed by atoms with van der Waals surface area (Å²) in [6.07, 6.45) is 4.92. The molecule has 0 aliphatic carbocycles. The molecule has 0 spiro atoms. The van der Waals surface area contributed by atoms with E-state index in [2.05, 4.69) is 26.2 Å². The first-order valence-corrected chi connectivity index (χ1v) is 14.4. The van der Waals surface area contributed by atoms with Gasteiger partial charge in [-0.1, -0.05) is 12.5 Å². The van der Waals surface area contributed by atoms with E-state index in [0.29, 0.717) is 18.7 Å². The predicted octanol–water partition coefficient (Wildman–Crippen LogP) is 5.16. The van der Waals surface area contributed by atoms with Crippen LogP contribution >= 0.6 is 0 Å². The quantitative estimate of drug-likeness (QED) is 0.356. The van der Waals surface area contributed by atoms with Gasteiger partial charge in [0.25, 0.3) is 5.91 Å². The van der Waals surface area contributed by atoms with Crippen molar-refractivity contribution in [2.45, 2.75) is 65.3 Å². The molecule has 1 aliphatic rings. The molecule has 2 amide bonds. The minimum absolute atomic E-state index is 0.110. The third-order valence-corrected chi connectivity index (χ3v) is 7.99. The Balaban J connectivity index is 1.66. The van der Waals surface area contributed by atoms with Crippen molar-refractivity contribution in [1.82, 2.24) is 24.7 Å². The van der Waals surface area contributed by atoms with E-state index >= 15 is 0 Å². The van der Waals surface area contributed by atoms with Gasteiger partial charge in [-0.3, -0.25) is 9.59 Å². The van der Waals surface area contributed by atoms with Gasteiger partial charge in [-0.05, 0) is 109 Å². The van der Waals surface area contributed by atoms with Crippen molar-refractivity contribution in [3.8, 4) is 0 Å². The van der Waals surface area contributed by atoms with Crippen LogP contribution in [0.2, 0.25) is 0 Å². The molecule has 1 aromatic heterocycles. The molecule has 8 nitrogen and oxygen atoms in total. The molecule has 2 heterocycles. The van der Waals surface area contributed by atoms with Gasteiger partial charge < -0.3 is 25.0 Å². The fraction of sp³-hybridized carbons (Fsp3) is 0.516. The zero-order chi connectivity index (χ0) is 28.0. The number of likely N-dealkylation sites (tertiary alicyclic amines) is 1. The smallest absolute Gasteiger partial charge is 0.251 e. The van der Waals surface area contributed by atoms with Gasteiger partial charge in [0.15, 0.2) is 0 Å². The SMILES string of the molecule is CCN(CC)C(=O)C(C)(C)c1ccc2nc(Nc3ccc(C(=O)NC)cc3)n(CCCN3CCCCC3)c2c1. The second-order valence-electron chi connectivity index (χ2n) is 10.9. The maximum Gasteiger partial charge on any atom is 0.251 e. The highest BCUT2D eigenvalue weighted by Gasteiger charge is 2.33. The summed E-state index contributed by atoms with van der Waals surface area (Å²) in [6.45, 7) is 13.7. The third-order valence-electron chi connectivity index (χ3n) is 7.99. The van der Waals surface area contributed by atoms with Gasteiger partial charge in [0.1, 0.15) is 0 Å². The number of benzene rings is 2. The molecule has 3 aromatic rings. The molecule has 2 aromatic carbocycles. The van der Waals surface area contributed by atoms with Crippen molar-refractivity contribution in [2.75, 3.05) is 45.1 Å². The van der Waals surface area contributed by atoms with E-state index in [1.165, 1.54) is 32.4 Å². The number of carbonyl (C=O) groups excluding carboxylic acids is 2. The molecule has 0 saturated carbocycles. The minimum Gasteiger partial charge on any atom is -0.355 e.